The van der Waals surface area contributed by atoms with E-state index in [1.54, 1.807) is 13.8 Å². The number of allylic oxidation sites excluding steroid dienone is 1. The molecule has 4 aliphatic carbocycles. The largest absolute Gasteiger partial charge is 0.470 e. The highest BCUT2D eigenvalue weighted by atomic mass is 31.2. The average molecular weight is 458 g/mol. The number of hydrogen-bond donors (Lipinski definition) is 3. The molecule has 0 unspecified atom stereocenters. The third-order valence-corrected chi connectivity index (χ3v) is 9.24. The zero-order valence-corrected chi connectivity index (χ0v) is 18.5. The van der Waals surface area contributed by atoms with Gasteiger partial charge in [-0.1, -0.05) is 19.4 Å². The monoisotopic (exact) mass is 458 g/mol. The number of halogens is 1. The van der Waals surface area contributed by atoms with Crippen LogP contribution in [0.25, 0.3) is 0 Å². The third-order valence-electron chi connectivity index (χ3n) is 8.78. The molecule has 0 saturated heterocycles. The SMILES string of the molecule is C[C@]12CCC(=O)C=C1CC[C@H]1[C@@H]3CC[C@](O)(C(=O)COP(=O)(O)O)[C@@]3(C)CC(=O)[C@@]12F. The van der Waals surface area contributed by atoms with Gasteiger partial charge in [-0.3, -0.25) is 18.9 Å². The topological polar surface area (TPSA) is 138 Å². The van der Waals surface area contributed by atoms with E-state index in [9.17, 15) is 24.1 Å². The number of fused-ring (bicyclic) bond motifs is 5. The summed E-state index contributed by atoms with van der Waals surface area (Å²) in [5.41, 5.74) is -5.90. The number of rotatable bonds is 4. The van der Waals surface area contributed by atoms with Crippen molar-refractivity contribution < 1.29 is 42.8 Å². The van der Waals surface area contributed by atoms with E-state index in [2.05, 4.69) is 4.52 Å². The van der Waals surface area contributed by atoms with Gasteiger partial charge in [0.15, 0.2) is 23.0 Å². The summed E-state index contributed by atoms with van der Waals surface area (Å²) in [6.45, 7) is 2.31. The van der Waals surface area contributed by atoms with E-state index < -0.39 is 59.9 Å². The second kappa shape index (κ2) is 6.87. The molecular formula is C21H28FO8P. The number of phosphoric acid groups is 1. The fraction of sp³-hybridized carbons (Fsp3) is 0.762. The maximum Gasteiger partial charge on any atom is 0.470 e. The van der Waals surface area contributed by atoms with Crippen LogP contribution in [-0.4, -0.2) is 50.1 Å². The van der Waals surface area contributed by atoms with Crippen LogP contribution in [0, 0.1) is 22.7 Å². The maximum atomic E-state index is 16.8. The molecule has 172 valence electrons. The van der Waals surface area contributed by atoms with Crippen molar-refractivity contribution in [3.05, 3.63) is 11.6 Å². The second-order valence-electron chi connectivity index (χ2n) is 10.0. The molecule has 0 radical (unpaired) electrons. The van der Waals surface area contributed by atoms with Gasteiger partial charge in [0.1, 0.15) is 12.2 Å². The fourth-order valence-corrected chi connectivity index (χ4v) is 7.30. The van der Waals surface area contributed by atoms with Crippen LogP contribution < -0.4 is 0 Å². The van der Waals surface area contributed by atoms with Crippen molar-refractivity contribution in [2.45, 2.75) is 70.1 Å². The molecular weight excluding hydrogens is 430 g/mol. The first-order valence-corrected chi connectivity index (χ1v) is 12.1. The van der Waals surface area contributed by atoms with Crippen LogP contribution in [0.2, 0.25) is 0 Å². The molecule has 0 aromatic carbocycles. The van der Waals surface area contributed by atoms with Crippen LogP contribution in [-0.2, 0) is 23.5 Å². The molecule has 31 heavy (non-hydrogen) atoms. The minimum Gasteiger partial charge on any atom is -0.381 e. The summed E-state index contributed by atoms with van der Waals surface area (Å²) < 4.78 is 32.1. The molecule has 4 rings (SSSR count). The summed E-state index contributed by atoms with van der Waals surface area (Å²) in [5, 5.41) is 11.3. The predicted octanol–water partition coefficient (Wildman–Crippen LogP) is 2.20. The lowest BCUT2D eigenvalue weighted by Crippen LogP contribution is -2.68. The van der Waals surface area contributed by atoms with Crippen LogP contribution in [0.1, 0.15) is 58.8 Å². The van der Waals surface area contributed by atoms with Gasteiger partial charge in [-0.25, -0.2) is 8.96 Å². The summed E-state index contributed by atoms with van der Waals surface area (Å²) in [6.07, 6.45) is 2.64. The van der Waals surface area contributed by atoms with Crippen LogP contribution in [0.5, 0.6) is 0 Å². The average Bonchev–Trinajstić information content (AvgIpc) is 2.93. The van der Waals surface area contributed by atoms with E-state index >= 15 is 4.39 Å². The number of ketones is 3. The van der Waals surface area contributed by atoms with Crippen LogP contribution in [0.3, 0.4) is 0 Å². The zero-order chi connectivity index (χ0) is 23.0. The Bertz CT molecular complexity index is 942. The van der Waals surface area contributed by atoms with Crippen molar-refractivity contribution in [1.29, 1.82) is 0 Å². The second-order valence-corrected chi connectivity index (χ2v) is 11.3. The maximum absolute atomic E-state index is 16.8. The van der Waals surface area contributed by atoms with Gasteiger partial charge in [0.2, 0.25) is 0 Å². The van der Waals surface area contributed by atoms with E-state index in [0.717, 1.165) is 0 Å². The number of alkyl halides is 1. The predicted molar refractivity (Wildman–Crippen MR) is 105 cm³/mol. The normalized spacial score (nSPS) is 44.9. The van der Waals surface area contributed by atoms with Crippen LogP contribution in [0.4, 0.5) is 4.39 Å². The van der Waals surface area contributed by atoms with Gasteiger partial charge in [-0.2, -0.15) is 0 Å². The Morgan fingerprint density at radius 2 is 1.87 bits per heavy atom. The Hall–Kier alpha value is -1.25. The molecule has 0 bridgehead atoms. The standard InChI is InChI=1S/C21H28FO8P/c1-18-7-5-13(23)9-12(18)3-4-15-14-6-8-20(26,17(25)11-30-31(27,28)29)19(14,2)10-16(24)21(15,18)22/h9,14-15,26H,3-8,10-11H2,1-2H3,(H2,27,28,29)/t14-,15-,18-,19-,20-,21-/m0/s1. The Labute approximate surface area is 179 Å². The van der Waals surface area contributed by atoms with Gasteiger partial charge in [0, 0.05) is 29.6 Å². The van der Waals surface area contributed by atoms with Gasteiger partial charge >= 0.3 is 7.82 Å². The molecule has 3 saturated carbocycles. The minimum absolute atomic E-state index is 0.0325. The molecule has 0 aromatic heterocycles. The highest BCUT2D eigenvalue weighted by molar-refractivity contribution is 7.46. The van der Waals surface area contributed by atoms with Gasteiger partial charge in [0.25, 0.3) is 0 Å². The number of carbonyl (C=O) groups is 3. The molecule has 3 fully saturated rings. The van der Waals surface area contributed by atoms with Crippen molar-refractivity contribution in [2.24, 2.45) is 22.7 Å². The zero-order valence-electron chi connectivity index (χ0n) is 17.6. The highest BCUT2D eigenvalue weighted by Crippen LogP contribution is 2.69. The first-order chi connectivity index (χ1) is 14.2. The van der Waals surface area contributed by atoms with Crippen molar-refractivity contribution in [2.75, 3.05) is 6.61 Å². The summed E-state index contributed by atoms with van der Waals surface area (Å²) >= 11 is 0. The van der Waals surface area contributed by atoms with Gasteiger partial charge in [-0.15, -0.1) is 0 Å². The molecule has 10 heteroatoms. The fourth-order valence-electron chi connectivity index (χ4n) is 7.02. The van der Waals surface area contributed by atoms with E-state index in [1.165, 1.54) is 6.08 Å². The van der Waals surface area contributed by atoms with Crippen molar-refractivity contribution in [3.63, 3.8) is 0 Å². The molecule has 0 heterocycles. The number of aliphatic hydroxyl groups is 1. The lowest BCUT2D eigenvalue weighted by atomic mass is 9.44. The number of Topliss-reactive ketones (excluding diaryl/α,β-unsaturated/α-hetero) is 2. The number of hydrogen-bond acceptors (Lipinski definition) is 6. The van der Waals surface area contributed by atoms with Crippen LogP contribution >= 0.6 is 7.82 Å². The molecule has 4 aliphatic rings. The Balaban J connectivity index is 1.70. The van der Waals surface area contributed by atoms with E-state index in [4.69, 9.17) is 9.79 Å². The summed E-state index contributed by atoms with van der Waals surface area (Å²) in [7, 11) is -4.92. The molecule has 6 atom stereocenters. The van der Waals surface area contributed by atoms with Crippen LogP contribution in [0.15, 0.2) is 11.6 Å². The third kappa shape index (κ3) is 3.00. The lowest BCUT2D eigenvalue weighted by Gasteiger charge is -2.60. The van der Waals surface area contributed by atoms with E-state index in [1.807, 2.05) is 0 Å². The van der Waals surface area contributed by atoms with E-state index in [-0.39, 0.29) is 31.5 Å². The first kappa shape index (κ1) is 22.9. The Kier molecular flexibility index (Phi) is 5.08. The summed E-state index contributed by atoms with van der Waals surface area (Å²) in [4.78, 5) is 55.9. The highest BCUT2D eigenvalue weighted by Gasteiger charge is 2.74. The molecule has 3 N–H and O–H groups in total. The molecule has 8 nitrogen and oxygen atoms in total. The first-order valence-electron chi connectivity index (χ1n) is 10.6. The van der Waals surface area contributed by atoms with Crippen molar-refractivity contribution >= 4 is 25.2 Å². The van der Waals surface area contributed by atoms with Gasteiger partial charge in [-0.05, 0) is 44.1 Å². The van der Waals surface area contributed by atoms with Gasteiger partial charge < -0.3 is 14.9 Å². The minimum atomic E-state index is -4.92. The Morgan fingerprint density at radius 3 is 2.52 bits per heavy atom. The van der Waals surface area contributed by atoms with E-state index in [0.29, 0.717) is 24.8 Å². The van der Waals surface area contributed by atoms with Crippen molar-refractivity contribution in [1.82, 2.24) is 0 Å². The number of carbonyl (C=O) groups excluding carboxylic acids is 3. The summed E-state index contributed by atoms with van der Waals surface area (Å²) in [5.74, 6) is -2.82. The number of phosphoric ester groups is 1. The van der Waals surface area contributed by atoms with Crippen molar-refractivity contribution in [3.8, 4) is 0 Å². The molecule has 0 aliphatic heterocycles. The molecule has 0 amide bonds. The smallest absolute Gasteiger partial charge is 0.381 e. The molecule has 0 spiro atoms. The van der Waals surface area contributed by atoms with Gasteiger partial charge in [0.05, 0.1) is 0 Å². The summed E-state index contributed by atoms with van der Waals surface area (Å²) in [6, 6.07) is 0. The quantitative estimate of drug-likeness (QED) is 0.545. The molecule has 0 aromatic rings. The lowest BCUT2D eigenvalue weighted by molar-refractivity contribution is -0.189. The Morgan fingerprint density at radius 1 is 1.19 bits per heavy atom.